The van der Waals surface area contributed by atoms with Crippen LogP contribution in [0, 0.1) is 5.82 Å². The van der Waals surface area contributed by atoms with Gasteiger partial charge in [-0.05, 0) is 29.8 Å². The molecule has 0 radical (unpaired) electrons. The second-order valence-corrected chi connectivity index (χ2v) is 6.13. The van der Waals surface area contributed by atoms with Gasteiger partial charge in [0.05, 0.1) is 5.02 Å². The van der Waals surface area contributed by atoms with Crippen LogP contribution in [-0.4, -0.2) is 15.9 Å². The number of benzene rings is 2. The van der Waals surface area contributed by atoms with E-state index < -0.39 is 5.82 Å². The van der Waals surface area contributed by atoms with Gasteiger partial charge in [0, 0.05) is 23.3 Å². The Bertz CT molecular complexity index is 952. The number of hydrogen-bond donors (Lipinski definition) is 2. The molecule has 1 amide bonds. The first kappa shape index (κ1) is 18.1. The SMILES string of the molecule is O=C(NCc1ccccc1Cl)c1cc(Nc2ccc(F)c(Cl)c2)ncn1. The molecular formula is C18H13Cl2FN4O. The standard InChI is InChI=1S/C18H13Cl2FN4O/c19-13-4-2-1-3-11(13)9-22-18(26)16-8-17(24-10-23-16)25-12-5-6-15(21)14(20)7-12/h1-8,10H,9H2,(H,22,26)(H,23,24,25). The molecule has 3 aromatic rings. The predicted octanol–water partition coefficient (Wildman–Crippen LogP) is 4.60. The van der Waals surface area contributed by atoms with E-state index >= 15 is 0 Å². The van der Waals surface area contributed by atoms with Crippen molar-refractivity contribution >= 4 is 40.6 Å². The number of nitrogens with one attached hydrogen (secondary N) is 2. The largest absolute Gasteiger partial charge is 0.347 e. The number of aromatic nitrogens is 2. The van der Waals surface area contributed by atoms with Gasteiger partial charge in [0.25, 0.3) is 5.91 Å². The maximum absolute atomic E-state index is 13.2. The van der Waals surface area contributed by atoms with Crippen molar-refractivity contribution in [3.05, 3.63) is 82.0 Å². The van der Waals surface area contributed by atoms with Crippen molar-refractivity contribution in [2.24, 2.45) is 0 Å². The lowest BCUT2D eigenvalue weighted by atomic mass is 10.2. The number of rotatable bonds is 5. The lowest BCUT2D eigenvalue weighted by Gasteiger charge is -2.09. The van der Waals surface area contributed by atoms with Crippen LogP contribution < -0.4 is 10.6 Å². The van der Waals surface area contributed by atoms with Gasteiger partial charge in [-0.1, -0.05) is 41.4 Å². The molecule has 1 aromatic heterocycles. The second-order valence-electron chi connectivity index (χ2n) is 5.32. The van der Waals surface area contributed by atoms with Crippen LogP contribution in [0.1, 0.15) is 16.1 Å². The van der Waals surface area contributed by atoms with Crippen LogP contribution in [0.4, 0.5) is 15.9 Å². The summed E-state index contributed by atoms with van der Waals surface area (Å²) in [5.74, 6) is -0.502. The first-order valence-corrected chi connectivity index (χ1v) is 8.34. The van der Waals surface area contributed by atoms with Crippen LogP contribution in [0.15, 0.2) is 54.9 Å². The molecule has 2 N–H and O–H groups in total. The normalized spacial score (nSPS) is 10.4. The molecule has 0 aliphatic carbocycles. The minimum atomic E-state index is -0.514. The van der Waals surface area contributed by atoms with Crippen molar-refractivity contribution in [1.29, 1.82) is 0 Å². The molecule has 2 aromatic carbocycles. The van der Waals surface area contributed by atoms with Crippen molar-refractivity contribution < 1.29 is 9.18 Å². The topological polar surface area (TPSA) is 66.9 Å². The van der Waals surface area contributed by atoms with E-state index in [0.717, 1.165) is 5.56 Å². The quantitative estimate of drug-likeness (QED) is 0.668. The first-order chi connectivity index (χ1) is 12.5. The molecule has 0 spiro atoms. The minimum absolute atomic E-state index is 0.0123. The van der Waals surface area contributed by atoms with Crippen molar-refractivity contribution in [3.63, 3.8) is 0 Å². The molecule has 3 rings (SSSR count). The van der Waals surface area contributed by atoms with Gasteiger partial charge >= 0.3 is 0 Å². The zero-order valence-electron chi connectivity index (χ0n) is 13.3. The molecule has 0 unspecified atom stereocenters. The fourth-order valence-electron chi connectivity index (χ4n) is 2.18. The van der Waals surface area contributed by atoms with Gasteiger partial charge in [-0.25, -0.2) is 14.4 Å². The predicted molar refractivity (Wildman–Crippen MR) is 99.3 cm³/mol. The Morgan fingerprint density at radius 1 is 1.04 bits per heavy atom. The number of hydrogen-bond acceptors (Lipinski definition) is 4. The van der Waals surface area contributed by atoms with Gasteiger partial charge in [0.2, 0.25) is 0 Å². The Balaban J connectivity index is 1.69. The van der Waals surface area contributed by atoms with Gasteiger partial charge in [-0.2, -0.15) is 0 Å². The van der Waals surface area contributed by atoms with E-state index in [1.165, 1.54) is 30.6 Å². The number of carbonyl (C=O) groups excluding carboxylic acids is 1. The first-order valence-electron chi connectivity index (χ1n) is 7.58. The minimum Gasteiger partial charge on any atom is -0.347 e. The molecule has 0 saturated carbocycles. The van der Waals surface area contributed by atoms with Crippen molar-refractivity contribution in [2.45, 2.75) is 6.54 Å². The summed E-state index contributed by atoms with van der Waals surface area (Å²) in [5, 5.41) is 6.26. The third kappa shape index (κ3) is 4.47. The molecular weight excluding hydrogens is 378 g/mol. The zero-order valence-corrected chi connectivity index (χ0v) is 14.9. The Morgan fingerprint density at radius 2 is 1.85 bits per heavy atom. The summed E-state index contributed by atoms with van der Waals surface area (Å²) in [5.41, 5.74) is 1.52. The zero-order chi connectivity index (χ0) is 18.5. The van der Waals surface area contributed by atoms with E-state index in [1.807, 2.05) is 18.2 Å². The van der Waals surface area contributed by atoms with Crippen LogP contribution in [0.25, 0.3) is 0 Å². The number of anilines is 2. The summed E-state index contributed by atoms with van der Waals surface area (Å²) in [4.78, 5) is 20.3. The van der Waals surface area contributed by atoms with Gasteiger partial charge in [0.1, 0.15) is 23.7 Å². The maximum Gasteiger partial charge on any atom is 0.270 e. The smallest absolute Gasteiger partial charge is 0.270 e. The number of halogens is 3. The fraction of sp³-hybridized carbons (Fsp3) is 0.0556. The highest BCUT2D eigenvalue weighted by Crippen LogP contribution is 2.22. The molecule has 132 valence electrons. The third-order valence-electron chi connectivity index (χ3n) is 3.49. The van der Waals surface area contributed by atoms with E-state index in [0.29, 0.717) is 16.5 Å². The summed E-state index contributed by atoms with van der Waals surface area (Å²) in [6.45, 7) is 0.277. The van der Waals surface area contributed by atoms with Crippen LogP contribution in [-0.2, 0) is 6.54 Å². The average Bonchev–Trinajstić information content (AvgIpc) is 2.64. The summed E-state index contributed by atoms with van der Waals surface area (Å²) >= 11 is 11.8. The van der Waals surface area contributed by atoms with Gasteiger partial charge in [0.15, 0.2) is 0 Å². The fourth-order valence-corrected chi connectivity index (χ4v) is 2.56. The number of amides is 1. The average molecular weight is 391 g/mol. The summed E-state index contributed by atoms with van der Waals surface area (Å²) in [6, 6.07) is 12.9. The molecule has 1 heterocycles. The Morgan fingerprint density at radius 3 is 2.62 bits per heavy atom. The molecule has 0 atom stereocenters. The Labute approximate surface area is 159 Å². The molecule has 0 saturated heterocycles. The summed E-state index contributed by atoms with van der Waals surface area (Å²) < 4.78 is 13.2. The Kier molecular flexibility index (Phi) is 5.65. The van der Waals surface area contributed by atoms with Crippen molar-refractivity contribution in [2.75, 3.05) is 5.32 Å². The highest BCUT2D eigenvalue weighted by atomic mass is 35.5. The maximum atomic E-state index is 13.2. The van der Waals surface area contributed by atoms with Crippen LogP contribution in [0.3, 0.4) is 0 Å². The Hall–Kier alpha value is -2.70. The molecule has 5 nitrogen and oxygen atoms in total. The summed E-state index contributed by atoms with van der Waals surface area (Å²) in [7, 11) is 0. The molecule has 26 heavy (non-hydrogen) atoms. The van der Waals surface area contributed by atoms with E-state index in [-0.39, 0.29) is 23.2 Å². The third-order valence-corrected chi connectivity index (χ3v) is 4.15. The molecule has 8 heteroatoms. The van der Waals surface area contributed by atoms with Crippen LogP contribution in [0.5, 0.6) is 0 Å². The van der Waals surface area contributed by atoms with Crippen LogP contribution in [0.2, 0.25) is 10.0 Å². The van der Waals surface area contributed by atoms with E-state index in [1.54, 1.807) is 6.07 Å². The molecule has 0 fully saturated rings. The monoisotopic (exact) mass is 390 g/mol. The highest BCUT2D eigenvalue weighted by Gasteiger charge is 2.10. The number of nitrogens with zero attached hydrogens (tertiary/aromatic N) is 2. The van der Waals surface area contributed by atoms with Crippen LogP contribution >= 0.6 is 23.2 Å². The molecule has 0 aliphatic rings. The van der Waals surface area contributed by atoms with Crippen molar-refractivity contribution in [3.8, 4) is 0 Å². The van der Waals surface area contributed by atoms with E-state index in [9.17, 15) is 9.18 Å². The van der Waals surface area contributed by atoms with Gasteiger partial charge in [-0.15, -0.1) is 0 Å². The van der Waals surface area contributed by atoms with E-state index in [2.05, 4.69) is 20.6 Å². The van der Waals surface area contributed by atoms with Gasteiger partial charge < -0.3 is 10.6 Å². The summed E-state index contributed by atoms with van der Waals surface area (Å²) in [6.07, 6.45) is 1.26. The second kappa shape index (κ2) is 8.12. The molecule has 0 aliphatic heterocycles. The lowest BCUT2D eigenvalue weighted by molar-refractivity contribution is 0.0946. The number of carbonyl (C=O) groups is 1. The van der Waals surface area contributed by atoms with Gasteiger partial charge in [-0.3, -0.25) is 4.79 Å². The van der Waals surface area contributed by atoms with E-state index in [4.69, 9.17) is 23.2 Å². The highest BCUT2D eigenvalue weighted by molar-refractivity contribution is 6.31. The molecule has 0 bridgehead atoms. The van der Waals surface area contributed by atoms with Crippen molar-refractivity contribution in [1.82, 2.24) is 15.3 Å². The lowest BCUT2D eigenvalue weighted by Crippen LogP contribution is -2.24.